The van der Waals surface area contributed by atoms with Gasteiger partial charge in [-0.3, -0.25) is 9.89 Å². The van der Waals surface area contributed by atoms with Crippen LogP contribution in [0.25, 0.3) is 0 Å². The van der Waals surface area contributed by atoms with Crippen LogP contribution in [0.2, 0.25) is 0 Å². The maximum Gasteiger partial charge on any atom is 0.227 e. The molecule has 0 bridgehead atoms. The number of aromatic nitrogens is 2. The van der Waals surface area contributed by atoms with Crippen LogP contribution in [-0.2, 0) is 11.2 Å². The van der Waals surface area contributed by atoms with E-state index in [0.29, 0.717) is 18.5 Å². The first kappa shape index (κ1) is 15.3. The Labute approximate surface area is 135 Å². The molecule has 1 aromatic heterocycles. The van der Waals surface area contributed by atoms with Gasteiger partial charge in [0.1, 0.15) is 0 Å². The Morgan fingerprint density at radius 2 is 2.26 bits per heavy atom. The molecule has 1 unspecified atom stereocenters. The summed E-state index contributed by atoms with van der Waals surface area (Å²) in [6.07, 6.45) is 1.29. The SMILES string of the molecule is Cc1n[nH]c(C)c1C(C)CC(=O)N1CCc2ccc(C#N)cc21. The van der Waals surface area contributed by atoms with Crippen LogP contribution in [0.5, 0.6) is 0 Å². The quantitative estimate of drug-likeness (QED) is 0.947. The van der Waals surface area contributed by atoms with E-state index < -0.39 is 0 Å². The second kappa shape index (κ2) is 5.88. The highest BCUT2D eigenvalue weighted by atomic mass is 16.2. The number of rotatable bonds is 3. The van der Waals surface area contributed by atoms with Gasteiger partial charge in [-0.1, -0.05) is 13.0 Å². The van der Waals surface area contributed by atoms with Crippen LogP contribution < -0.4 is 4.90 Å². The second-order valence-corrected chi connectivity index (χ2v) is 6.20. The molecule has 0 saturated heterocycles. The monoisotopic (exact) mass is 308 g/mol. The van der Waals surface area contributed by atoms with Gasteiger partial charge in [-0.25, -0.2) is 0 Å². The smallest absolute Gasteiger partial charge is 0.227 e. The number of nitrogens with zero attached hydrogens (tertiary/aromatic N) is 3. The molecule has 1 aliphatic heterocycles. The van der Waals surface area contributed by atoms with Gasteiger partial charge in [0.2, 0.25) is 5.91 Å². The third-order valence-corrected chi connectivity index (χ3v) is 4.57. The van der Waals surface area contributed by atoms with Crippen molar-refractivity contribution >= 4 is 11.6 Å². The lowest BCUT2D eigenvalue weighted by Crippen LogP contribution is -2.30. The van der Waals surface area contributed by atoms with Crippen molar-refractivity contribution in [2.45, 2.75) is 39.5 Å². The molecular weight excluding hydrogens is 288 g/mol. The van der Waals surface area contributed by atoms with E-state index in [1.165, 1.54) is 0 Å². The number of hydrogen-bond acceptors (Lipinski definition) is 3. The van der Waals surface area contributed by atoms with E-state index in [1.807, 2.05) is 36.9 Å². The minimum Gasteiger partial charge on any atom is -0.312 e. The van der Waals surface area contributed by atoms with Crippen LogP contribution in [-0.4, -0.2) is 22.6 Å². The fourth-order valence-corrected chi connectivity index (χ4v) is 3.47. The molecule has 118 valence electrons. The molecule has 0 fully saturated rings. The van der Waals surface area contributed by atoms with E-state index in [9.17, 15) is 4.79 Å². The molecule has 1 aromatic carbocycles. The zero-order chi connectivity index (χ0) is 16.6. The number of nitriles is 1. The van der Waals surface area contributed by atoms with Crippen LogP contribution in [0, 0.1) is 25.2 Å². The topological polar surface area (TPSA) is 72.8 Å². The van der Waals surface area contributed by atoms with Crippen LogP contribution >= 0.6 is 0 Å². The van der Waals surface area contributed by atoms with Crippen LogP contribution in [0.15, 0.2) is 18.2 Å². The zero-order valence-electron chi connectivity index (χ0n) is 13.7. The summed E-state index contributed by atoms with van der Waals surface area (Å²) in [5.41, 5.74) is 5.73. The zero-order valence-corrected chi connectivity index (χ0v) is 13.7. The summed E-state index contributed by atoms with van der Waals surface area (Å²) in [7, 11) is 0. The van der Waals surface area contributed by atoms with E-state index in [1.54, 1.807) is 0 Å². The number of amides is 1. The number of aryl methyl sites for hydroxylation is 2. The van der Waals surface area contributed by atoms with Crippen molar-refractivity contribution in [3.63, 3.8) is 0 Å². The minimum atomic E-state index is 0.103. The lowest BCUT2D eigenvalue weighted by molar-refractivity contribution is -0.118. The molecule has 5 heteroatoms. The van der Waals surface area contributed by atoms with E-state index in [0.717, 1.165) is 34.6 Å². The van der Waals surface area contributed by atoms with Gasteiger partial charge in [0.25, 0.3) is 0 Å². The van der Waals surface area contributed by atoms with Crippen molar-refractivity contribution in [2.75, 3.05) is 11.4 Å². The van der Waals surface area contributed by atoms with Crippen molar-refractivity contribution in [2.24, 2.45) is 0 Å². The third kappa shape index (κ3) is 2.72. The fourth-order valence-electron chi connectivity index (χ4n) is 3.47. The van der Waals surface area contributed by atoms with E-state index >= 15 is 0 Å². The first-order valence-electron chi connectivity index (χ1n) is 7.86. The average molecular weight is 308 g/mol. The highest BCUT2D eigenvalue weighted by molar-refractivity contribution is 5.96. The predicted octanol–water partition coefficient (Wildman–Crippen LogP) is 2.98. The molecule has 3 rings (SSSR count). The van der Waals surface area contributed by atoms with Crippen molar-refractivity contribution in [1.29, 1.82) is 5.26 Å². The average Bonchev–Trinajstić information content (AvgIpc) is 3.09. The summed E-state index contributed by atoms with van der Waals surface area (Å²) in [4.78, 5) is 14.6. The molecule has 0 spiro atoms. The summed E-state index contributed by atoms with van der Waals surface area (Å²) in [6.45, 7) is 6.70. The summed E-state index contributed by atoms with van der Waals surface area (Å²) in [5.74, 6) is 0.218. The number of fused-ring (bicyclic) bond motifs is 1. The van der Waals surface area contributed by atoms with E-state index in [-0.39, 0.29) is 11.8 Å². The van der Waals surface area contributed by atoms with Gasteiger partial charge in [0.15, 0.2) is 0 Å². The van der Waals surface area contributed by atoms with Gasteiger partial charge in [0, 0.05) is 24.3 Å². The lowest BCUT2D eigenvalue weighted by Gasteiger charge is -2.20. The van der Waals surface area contributed by atoms with E-state index in [2.05, 4.69) is 23.2 Å². The molecule has 1 aliphatic rings. The number of H-pyrrole nitrogens is 1. The van der Waals surface area contributed by atoms with Gasteiger partial charge in [-0.05, 0) is 49.4 Å². The van der Waals surface area contributed by atoms with Crippen LogP contribution in [0.3, 0.4) is 0 Å². The largest absolute Gasteiger partial charge is 0.312 e. The van der Waals surface area contributed by atoms with Crippen molar-refractivity contribution < 1.29 is 4.79 Å². The molecule has 1 N–H and O–H groups in total. The van der Waals surface area contributed by atoms with Gasteiger partial charge in [-0.15, -0.1) is 0 Å². The van der Waals surface area contributed by atoms with Crippen LogP contribution in [0.1, 0.15) is 47.3 Å². The second-order valence-electron chi connectivity index (χ2n) is 6.20. The fraction of sp³-hybridized carbons (Fsp3) is 0.389. The number of carbonyl (C=O) groups excluding carboxylic acids is 1. The van der Waals surface area contributed by atoms with Gasteiger partial charge in [-0.2, -0.15) is 10.4 Å². The molecule has 0 saturated carbocycles. The van der Waals surface area contributed by atoms with Crippen molar-refractivity contribution in [3.05, 3.63) is 46.3 Å². The normalized spacial score (nSPS) is 14.4. The third-order valence-electron chi connectivity index (χ3n) is 4.57. The Balaban J connectivity index is 1.80. The molecule has 0 aliphatic carbocycles. The molecular formula is C18H20N4O. The van der Waals surface area contributed by atoms with Gasteiger partial charge >= 0.3 is 0 Å². The van der Waals surface area contributed by atoms with E-state index in [4.69, 9.17) is 5.26 Å². The predicted molar refractivity (Wildman–Crippen MR) is 88.3 cm³/mol. The van der Waals surface area contributed by atoms with Crippen molar-refractivity contribution in [3.8, 4) is 6.07 Å². The maximum atomic E-state index is 12.7. The Bertz CT molecular complexity index is 780. The summed E-state index contributed by atoms with van der Waals surface area (Å²) >= 11 is 0. The Hall–Kier alpha value is -2.61. The first-order valence-corrected chi connectivity index (χ1v) is 7.86. The molecule has 23 heavy (non-hydrogen) atoms. The molecule has 2 aromatic rings. The lowest BCUT2D eigenvalue weighted by atomic mass is 9.95. The summed E-state index contributed by atoms with van der Waals surface area (Å²) < 4.78 is 0. The van der Waals surface area contributed by atoms with Crippen LogP contribution in [0.4, 0.5) is 5.69 Å². The number of anilines is 1. The van der Waals surface area contributed by atoms with Gasteiger partial charge < -0.3 is 4.90 Å². The first-order chi connectivity index (χ1) is 11.0. The molecule has 2 heterocycles. The minimum absolute atomic E-state index is 0.103. The Morgan fingerprint density at radius 3 is 2.91 bits per heavy atom. The molecule has 5 nitrogen and oxygen atoms in total. The summed E-state index contributed by atoms with van der Waals surface area (Å²) in [5, 5.41) is 16.3. The molecule has 0 radical (unpaired) electrons. The Kier molecular flexibility index (Phi) is 3.91. The number of nitrogens with one attached hydrogen (secondary N) is 1. The molecule has 1 amide bonds. The maximum absolute atomic E-state index is 12.7. The number of hydrogen-bond donors (Lipinski definition) is 1. The highest BCUT2D eigenvalue weighted by Crippen LogP contribution is 2.32. The number of carbonyl (C=O) groups is 1. The Morgan fingerprint density at radius 1 is 1.48 bits per heavy atom. The summed E-state index contributed by atoms with van der Waals surface area (Å²) in [6, 6.07) is 7.73. The van der Waals surface area contributed by atoms with Gasteiger partial charge in [0.05, 0.1) is 17.3 Å². The number of aromatic amines is 1. The highest BCUT2D eigenvalue weighted by Gasteiger charge is 2.27. The standard InChI is InChI=1S/C18H20N4O/c1-11(18-12(2)20-21-13(18)3)8-17(23)22-7-6-15-5-4-14(10-19)9-16(15)22/h4-5,9,11H,6-8H2,1-3H3,(H,20,21). The molecule has 1 atom stereocenters. The van der Waals surface area contributed by atoms with Crippen molar-refractivity contribution in [1.82, 2.24) is 10.2 Å². The number of benzene rings is 1.